The summed E-state index contributed by atoms with van der Waals surface area (Å²) in [5, 5.41) is 4.14. The van der Waals surface area contributed by atoms with Gasteiger partial charge in [-0.1, -0.05) is 29.3 Å². The van der Waals surface area contributed by atoms with Crippen molar-refractivity contribution in [3.8, 4) is 0 Å². The number of carbonyl (C=O) groups is 1. The first-order valence-electron chi connectivity index (χ1n) is 6.72. The van der Waals surface area contributed by atoms with Gasteiger partial charge in [0.2, 0.25) is 0 Å². The van der Waals surface area contributed by atoms with Crippen LogP contribution in [-0.2, 0) is 9.53 Å². The molecular formula is C14H19Cl2N2O2+. The fraction of sp³-hybridized carbons (Fsp3) is 0.500. The lowest BCUT2D eigenvalue weighted by atomic mass is 10.1. The maximum absolute atomic E-state index is 12.0. The van der Waals surface area contributed by atoms with Gasteiger partial charge in [0.05, 0.1) is 19.3 Å². The van der Waals surface area contributed by atoms with Gasteiger partial charge in [-0.2, -0.15) is 0 Å². The van der Waals surface area contributed by atoms with Crippen LogP contribution in [0, 0.1) is 0 Å². The summed E-state index contributed by atoms with van der Waals surface area (Å²) in [7, 11) is 0. The normalized spacial score (nSPS) is 17.8. The third-order valence-corrected chi connectivity index (χ3v) is 3.98. The zero-order valence-corrected chi connectivity index (χ0v) is 12.9. The molecule has 0 unspecified atom stereocenters. The van der Waals surface area contributed by atoms with E-state index in [4.69, 9.17) is 27.9 Å². The zero-order valence-electron chi connectivity index (χ0n) is 11.4. The molecule has 1 aromatic carbocycles. The summed E-state index contributed by atoms with van der Waals surface area (Å²) in [5.41, 5.74) is 0.876. The van der Waals surface area contributed by atoms with Crippen molar-refractivity contribution in [1.29, 1.82) is 0 Å². The molecule has 1 aliphatic heterocycles. The highest BCUT2D eigenvalue weighted by atomic mass is 35.5. The summed E-state index contributed by atoms with van der Waals surface area (Å²) in [6.07, 6.45) is 0. The number of morpholine rings is 1. The minimum absolute atomic E-state index is 0.0282. The monoisotopic (exact) mass is 317 g/mol. The Balaban J connectivity index is 1.89. The van der Waals surface area contributed by atoms with Crippen molar-refractivity contribution in [1.82, 2.24) is 5.32 Å². The molecule has 1 amide bonds. The Morgan fingerprint density at radius 1 is 1.40 bits per heavy atom. The summed E-state index contributed by atoms with van der Waals surface area (Å²) < 4.78 is 5.28. The maximum atomic E-state index is 12.0. The molecule has 110 valence electrons. The number of benzene rings is 1. The molecule has 1 aliphatic rings. The third-order valence-electron chi connectivity index (χ3n) is 3.42. The van der Waals surface area contributed by atoms with Crippen LogP contribution in [0.25, 0.3) is 0 Å². The van der Waals surface area contributed by atoms with E-state index in [9.17, 15) is 4.79 Å². The highest BCUT2D eigenvalue weighted by molar-refractivity contribution is 6.35. The van der Waals surface area contributed by atoms with E-state index in [1.165, 1.54) is 4.90 Å². The molecule has 0 saturated carbocycles. The number of carbonyl (C=O) groups excluding carboxylic acids is 1. The molecule has 0 radical (unpaired) electrons. The second-order valence-electron chi connectivity index (χ2n) is 4.99. The van der Waals surface area contributed by atoms with E-state index in [1.54, 1.807) is 12.1 Å². The second kappa shape index (κ2) is 7.27. The van der Waals surface area contributed by atoms with Crippen molar-refractivity contribution < 1.29 is 14.4 Å². The Bertz CT molecular complexity index is 476. The van der Waals surface area contributed by atoms with Crippen LogP contribution >= 0.6 is 23.2 Å². The van der Waals surface area contributed by atoms with Crippen molar-refractivity contribution in [3.05, 3.63) is 33.8 Å². The quantitative estimate of drug-likeness (QED) is 0.873. The van der Waals surface area contributed by atoms with Crippen LogP contribution in [-0.4, -0.2) is 38.8 Å². The third kappa shape index (κ3) is 4.35. The number of rotatable bonds is 4. The molecule has 0 bridgehead atoms. The highest BCUT2D eigenvalue weighted by Gasteiger charge is 2.19. The smallest absolute Gasteiger partial charge is 0.275 e. The van der Waals surface area contributed by atoms with Crippen LogP contribution in [0.3, 0.4) is 0 Å². The van der Waals surface area contributed by atoms with Crippen molar-refractivity contribution in [2.45, 2.75) is 13.0 Å². The number of quaternary nitrogens is 1. The minimum atomic E-state index is -0.132. The average molecular weight is 318 g/mol. The number of hydrogen-bond donors (Lipinski definition) is 2. The Kier molecular flexibility index (Phi) is 5.66. The molecule has 1 aromatic rings. The molecule has 1 heterocycles. The molecule has 20 heavy (non-hydrogen) atoms. The van der Waals surface area contributed by atoms with Crippen molar-refractivity contribution >= 4 is 29.1 Å². The van der Waals surface area contributed by atoms with E-state index in [1.807, 2.05) is 13.0 Å². The molecule has 1 atom stereocenters. The molecule has 1 saturated heterocycles. The predicted octanol–water partition coefficient (Wildman–Crippen LogP) is 1.09. The Morgan fingerprint density at radius 3 is 2.75 bits per heavy atom. The van der Waals surface area contributed by atoms with Crippen LogP contribution in [0.2, 0.25) is 10.0 Å². The van der Waals surface area contributed by atoms with Crippen LogP contribution in [0.4, 0.5) is 0 Å². The molecular weight excluding hydrogens is 299 g/mol. The zero-order chi connectivity index (χ0) is 14.5. The molecule has 6 heteroatoms. The predicted molar refractivity (Wildman–Crippen MR) is 79.4 cm³/mol. The van der Waals surface area contributed by atoms with Crippen LogP contribution in [0.1, 0.15) is 18.5 Å². The number of halogens is 2. The Morgan fingerprint density at radius 2 is 2.10 bits per heavy atom. The number of amides is 1. The van der Waals surface area contributed by atoms with Gasteiger partial charge in [-0.25, -0.2) is 0 Å². The molecule has 0 aliphatic carbocycles. The fourth-order valence-electron chi connectivity index (χ4n) is 2.29. The lowest BCUT2D eigenvalue weighted by Crippen LogP contribution is -3.15. The maximum Gasteiger partial charge on any atom is 0.275 e. The van der Waals surface area contributed by atoms with E-state index in [2.05, 4.69) is 5.32 Å². The number of nitrogens with one attached hydrogen (secondary N) is 2. The minimum Gasteiger partial charge on any atom is -0.370 e. The number of ether oxygens (including phenoxy) is 1. The molecule has 2 N–H and O–H groups in total. The Labute approximate surface area is 129 Å². The molecule has 0 aromatic heterocycles. The largest absolute Gasteiger partial charge is 0.370 e. The lowest BCUT2D eigenvalue weighted by Gasteiger charge is -2.24. The van der Waals surface area contributed by atoms with Gasteiger partial charge in [0.25, 0.3) is 5.91 Å². The topological polar surface area (TPSA) is 42.8 Å². The van der Waals surface area contributed by atoms with Gasteiger partial charge in [-0.15, -0.1) is 0 Å². The summed E-state index contributed by atoms with van der Waals surface area (Å²) >= 11 is 12.0. The summed E-state index contributed by atoms with van der Waals surface area (Å²) in [6.45, 7) is 5.59. The first-order chi connectivity index (χ1) is 9.56. The SMILES string of the molecule is C[C@H](NC(=O)C[NH+]1CCOCC1)c1ccc(Cl)cc1Cl. The highest BCUT2D eigenvalue weighted by Crippen LogP contribution is 2.25. The standard InChI is InChI=1S/C14H18Cl2N2O2/c1-10(12-3-2-11(15)8-13(12)16)17-14(19)9-18-4-6-20-7-5-18/h2-3,8,10H,4-7,9H2,1H3,(H,17,19)/p+1/t10-/m0/s1. The second-order valence-corrected chi connectivity index (χ2v) is 5.84. The lowest BCUT2D eigenvalue weighted by molar-refractivity contribution is -0.900. The van der Waals surface area contributed by atoms with E-state index in [0.717, 1.165) is 31.9 Å². The van der Waals surface area contributed by atoms with Gasteiger partial charge in [0.1, 0.15) is 13.1 Å². The number of hydrogen-bond acceptors (Lipinski definition) is 2. The molecule has 1 fully saturated rings. The molecule has 0 spiro atoms. The van der Waals surface area contributed by atoms with Crippen molar-refractivity contribution in [2.75, 3.05) is 32.8 Å². The molecule has 2 rings (SSSR count). The van der Waals surface area contributed by atoms with E-state index >= 15 is 0 Å². The van der Waals surface area contributed by atoms with Crippen molar-refractivity contribution in [3.63, 3.8) is 0 Å². The van der Waals surface area contributed by atoms with E-state index in [-0.39, 0.29) is 11.9 Å². The first-order valence-corrected chi connectivity index (χ1v) is 7.47. The van der Waals surface area contributed by atoms with E-state index in [0.29, 0.717) is 16.6 Å². The van der Waals surface area contributed by atoms with Gasteiger partial charge >= 0.3 is 0 Å². The Hall–Kier alpha value is -0.810. The summed E-state index contributed by atoms with van der Waals surface area (Å²) in [5.74, 6) is 0.0282. The van der Waals surface area contributed by atoms with Crippen LogP contribution in [0.15, 0.2) is 18.2 Å². The van der Waals surface area contributed by atoms with E-state index < -0.39 is 0 Å². The summed E-state index contributed by atoms with van der Waals surface area (Å²) in [4.78, 5) is 13.3. The van der Waals surface area contributed by atoms with Gasteiger partial charge in [0, 0.05) is 10.0 Å². The van der Waals surface area contributed by atoms with Gasteiger partial charge in [0.15, 0.2) is 6.54 Å². The van der Waals surface area contributed by atoms with Crippen LogP contribution in [0.5, 0.6) is 0 Å². The van der Waals surface area contributed by atoms with Crippen molar-refractivity contribution in [2.24, 2.45) is 0 Å². The molecule has 4 nitrogen and oxygen atoms in total. The van der Waals surface area contributed by atoms with Crippen LogP contribution < -0.4 is 10.2 Å². The van der Waals surface area contributed by atoms with Gasteiger partial charge in [-0.3, -0.25) is 4.79 Å². The fourth-order valence-corrected chi connectivity index (χ4v) is 2.86. The average Bonchev–Trinajstić information content (AvgIpc) is 2.39. The summed E-state index contributed by atoms with van der Waals surface area (Å²) in [6, 6.07) is 5.18. The first kappa shape index (κ1) is 15.6. The van der Waals surface area contributed by atoms with Gasteiger partial charge < -0.3 is 15.0 Å². The van der Waals surface area contributed by atoms with Gasteiger partial charge in [-0.05, 0) is 24.6 Å².